The summed E-state index contributed by atoms with van der Waals surface area (Å²) in [5.74, 6) is -3.48. The van der Waals surface area contributed by atoms with Crippen LogP contribution in [-0.2, 0) is 16.1 Å². The minimum Gasteiger partial charge on any atom is -0.508 e. The zero-order valence-electron chi connectivity index (χ0n) is 23.1. The SMILES string of the molecule is C[C@H](NN(C(=O)CC1c2ccccc2-c2ccccc21)C(=O)c1ccc(C(=O)NCc2cccc(O)c2)cc1Cl)C(=O)O. The summed E-state index contributed by atoms with van der Waals surface area (Å²) < 4.78 is 0. The van der Waals surface area contributed by atoms with Crippen molar-refractivity contribution in [2.75, 3.05) is 0 Å². The van der Waals surface area contributed by atoms with Gasteiger partial charge in [-0.05, 0) is 65.1 Å². The summed E-state index contributed by atoms with van der Waals surface area (Å²) in [5, 5.41) is 22.5. The molecule has 3 amide bonds. The Morgan fingerprint density at radius 1 is 0.884 bits per heavy atom. The van der Waals surface area contributed by atoms with E-state index in [9.17, 15) is 29.4 Å². The first-order valence-corrected chi connectivity index (χ1v) is 13.9. The van der Waals surface area contributed by atoms with E-state index in [1.807, 2.05) is 48.5 Å². The largest absolute Gasteiger partial charge is 0.508 e. The number of nitrogens with one attached hydrogen (secondary N) is 2. The van der Waals surface area contributed by atoms with Crippen LogP contribution in [0.3, 0.4) is 0 Å². The third-order valence-corrected chi connectivity index (χ3v) is 7.63. The number of nitrogens with zero attached hydrogens (tertiary/aromatic N) is 1. The number of hydrogen-bond acceptors (Lipinski definition) is 6. The van der Waals surface area contributed by atoms with Crippen LogP contribution >= 0.6 is 11.6 Å². The van der Waals surface area contributed by atoms with Gasteiger partial charge in [0.05, 0.1) is 10.6 Å². The molecule has 1 aliphatic carbocycles. The van der Waals surface area contributed by atoms with Crippen LogP contribution in [0.1, 0.15) is 56.7 Å². The Morgan fingerprint density at radius 2 is 1.53 bits per heavy atom. The van der Waals surface area contributed by atoms with Gasteiger partial charge < -0.3 is 15.5 Å². The molecule has 9 nitrogen and oxygen atoms in total. The summed E-state index contributed by atoms with van der Waals surface area (Å²) in [6.07, 6.45) is -0.105. The van der Waals surface area contributed by atoms with Gasteiger partial charge in [-0.3, -0.25) is 19.2 Å². The minimum atomic E-state index is -1.27. The Kier molecular flexibility index (Phi) is 8.56. The lowest BCUT2D eigenvalue weighted by molar-refractivity contribution is -0.142. The molecule has 1 aliphatic rings. The standard InChI is InChI=1S/C33H28ClN3O6/c1-19(33(42)43)36-37(30(39)17-28-25-11-4-2-9-23(25)24-10-3-5-12-26(24)28)32(41)27-14-13-21(16-29(27)34)31(40)35-18-20-7-6-8-22(38)15-20/h2-16,19,28,36,38H,17-18H2,1H3,(H,35,40)(H,42,43)/t19-/m0/s1. The number of benzene rings is 4. The zero-order valence-corrected chi connectivity index (χ0v) is 23.8. The molecule has 0 fully saturated rings. The summed E-state index contributed by atoms with van der Waals surface area (Å²) in [7, 11) is 0. The lowest BCUT2D eigenvalue weighted by Crippen LogP contribution is -2.53. The number of carbonyl (C=O) groups excluding carboxylic acids is 3. The van der Waals surface area contributed by atoms with Gasteiger partial charge in [-0.2, -0.15) is 0 Å². The number of amides is 3. The molecule has 1 atom stereocenters. The Hall–Kier alpha value is -4.99. The van der Waals surface area contributed by atoms with Crippen LogP contribution in [0.4, 0.5) is 0 Å². The molecule has 0 heterocycles. The molecular formula is C33H28ClN3O6. The molecule has 0 aromatic heterocycles. The lowest BCUT2D eigenvalue weighted by Gasteiger charge is -2.26. The molecule has 0 radical (unpaired) electrons. The number of hydrazine groups is 1. The molecule has 4 aromatic rings. The fraction of sp³-hybridized carbons (Fsp3) is 0.152. The molecule has 10 heteroatoms. The first kappa shape index (κ1) is 29.5. The molecule has 43 heavy (non-hydrogen) atoms. The monoisotopic (exact) mass is 597 g/mol. The molecule has 0 aliphatic heterocycles. The lowest BCUT2D eigenvalue weighted by atomic mass is 9.93. The van der Waals surface area contributed by atoms with Crippen LogP contribution in [0.15, 0.2) is 91.0 Å². The highest BCUT2D eigenvalue weighted by Gasteiger charge is 2.34. The minimum absolute atomic E-state index is 0.0731. The first-order chi connectivity index (χ1) is 20.6. The predicted octanol–water partition coefficient (Wildman–Crippen LogP) is 5.12. The van der Waals surface area contributed by atoms with E-state index in [2.05, 4.69) is 10.7 Å². The molecule has 0 saturated carbocycles. The third-order valence-electron chi connectivity index (χ3n) is 7.31. The number of phenols is 1. The molecule has 0 bridgehead atoms. The summed E-state index contributed by atoms with van der Waals surface area (Å²) >= 11 is 6.44. The predicted molar refractivity (Wildman–Crippen MR) is 160 cm³/mol. The number of rotatable bonds is 9. The highest BCUT2D eigenvalue weighted by Crippen LogP contribution is 2.46. The van der Waals surface area contributed by atoms with Crippen molar-refractivity contribution in [2.24, 2.45) is 0 Å². The molecule has 0 saturated heterocycles. The van der Waals surface area contributed by atoms with Crippen LogP contribution in [0.25, 0.3) is 11.1 Å². The van der Waals surface area contributed by atoms with Crippen molar-refractivity contribution in [2.45, 2.75) is 31.8 Å². The topological polar surface area (TPSA) is 136 Å². The second kappa shape index (κ2) is 12.5. The maximum absolute atomic E-state index is 13.7. The van der Waals surface area contributed by atoms with Gasteiger partial charge in [0, 0.05) is 24.4 Å². The van der Waals surface area contributed by atoms with Gasteiger partial charge in [0.25, 0.3) is 11.8 Å². The van der Waals surface area contributed by atoms with Crippen molar-refractivity contribution >= 4 is 35.3 Å². The summed E-state index contributed by atoms with van der Waals surface area (Å²) in [6.45, 7) is 1.47. The van der Waals surface area contributed by atoms with Gasteiger partial charge >= 0.3 is 5.97 Å². The highest BCUT2D eigenvalue weighted by molar-refractivity contribution is 6.34. The van der Waals surface area contributed by atoms with E-state index in [4.69, 9.17) is 11.6 Å². The number of carboxylic acid groups (broad SMARTS) is 1. The zero-order chi connectivity index (χ0) is 30.7. The quantitative estimate of drug-likeness (QED) is 0.197. The van der Waals surface area contributed by atoms with Gasteiger partial charge in [0.2, 0.25) is 5.91 Å². The van der Waals surface area contributed by atoms with E-state index in [1.165, 1.54) is 37.3 Å². The van der Waals surface area contributed by atoms with Crippen LogP contribution in [0.5, 0.6) is 5.75 Å². The van der Waals surface area contributed by atoms with Crippen LogP contribution in [0.2, 0.25) is 5.02 Å². The van der Waals surface area contributed by atoms with E-state index >= 15 is 0 Å². The maximum atomic E-state index is 13.7. The smallest absolute Gasteiger partial charge is 0.322 e. The second-order valence-electron chi connectivity index (χ2n) is 10.2. The average Bonchev–Trinajstić information content (AvgIpc) is 3.31. The fourth-order valence-corrected chi connectivity index (χ4v) is 5.40. The Balaban J connectivity index is 1.38. The molecule has 0 unspecified atom stereocenters. The van der Waals surface area contributed by atoms with Gasteiger partial charge in [-0.25, -0.2) is 10.4 Å². The number of fused-ring (bicyclic) bond motifs is 3. The van der Waals surface area contributed by atoms with Crippen LogP contribution in [-0.4, -0.2) is 45.0 Å². The van der Waals surface area contributed by atoms with Crippen LogP contribution in [0, 0.1) is 0 Å². The molecule has 218 valence electrons. The number of halogens is 1. The molecule has 0 spiro atoms. The normalized spacial score (nSPS) is 12.6. The maximum Gasteiger partial charge on any atom is 0.322 e. The summed E-state index contributed by atoms with van der Waals surface area (Å²) in [6, 6.07) is 24.6. The Bertz CT molecular complexity index is 1690. The number of carbonyl (C=O) groups is 4. The van der Waals surface area contributed by atoms with E-state index < -0.39 is 29.7 Å². The second-order valence-corrected chi connectivity index (χ2v) is 10.6. The number of imide groups is 1. The van der Waals surface area contributed by atoms with Crippen molar-refractivity contribution in [3.63, 3.8) is 0 Å². The number of aliphatic carboxylic acids is 1. The van der Waals surface area contributed by atoms with Crippen LogP contribution < -0.4 is 10.7 Å². The van der Waals surface area contributed by atoms with Gasteiger partial charge in [0.15, 0.2) is 0 Å². The summed E-state index contributed by atoms with van der Waals surface area (Å²) in [4.78, 5) is 51.8. The Morgan fingerprint density at radius 3 is 2.14 bits per heavy atom. The number of phenolic OH excluding ortho intramolecular Hbond substituents is 1. The van der Waals surface area contributed by atoms with E-state index in [0.29, 0.717) is 10.6 Å². The van der Waals surface area contributed by atoms with Crippen molar-refractivity contribution in [3.05, 3.63) is 124 Å². The van der Waals surface area contributed by atoms with Crippen molar-refractivity contribution in [3.8, 4) is 16.9 Å². The van der Waals surface area contributed by atoms with E-state index in [-0.39, 0.29) is 40.8 Å². The molecule has 4 aromatic carbocycles. The van der Waals surface area contributed by atoms with E-state index in [1.54, 1.807) is 12.1 Å². The first-order valence-electron chi connectivity index (χ1n) is 13.5. The third kappa shape index (κ3) is 6.28. The summed E-state index contributed by atoms with van der Waals surface area (Å²) in [5.41, 5.74) is 7.17. The van der Waals surface area contributed by atoms with Crippen molar-refractivity contribution in [1.82, 2.24) is 15.8 Å². The van der Waals surface area contributed by atoms with Crippen molar-refractivity contribution in [1.29, 1.82) is 0 Å². The molecule has 5 rings (SSSR count). The van der Waals surface area contributed by atoms with Crippen molar-refractivity contribution < 1.29 is 29.4 Å². The van der Waals surface area contributed by atoms with E-state index in [0.717, 1.165) is 22.3 Å². The van der Waals surface area contributed by atoms with Gasteiger partial charge in [0.1, 0.15) is 11.8 Å². The Labute approximate surface area is 252 Å². The molecule has 4 N–H and O–H groups in total. The fourth-order valence-electron chi connectivity index (χ4n) is 5.14. The number of hydrogen-bond donors (Lipinski definition) is 4. The number of aromatic hydroxyl groups is 1. The molecular weight excluding hydrogens is 570 g/mol. The highest BCUT2D eigenvalue weighted by atomic mass is 35.5. The van der Waals surface area contributed by atoms with Gasteiger partial charge in [-0.15, -0.1) is 0 Å². The average molecular weight is 598 g/mol. The number of carboxylic acids is 1. The van der Waals surface area contributed by atoms with Gasteiger partial charge in [-0.1, -0.05) is 72.3 Å².